The highest BCUT2D eigenvalue weighted by Gasteiger charge is 2.45. The highest BCUT2D eigenvalue weighted by atomic mass is 31.2. The Morgan fingerprint density at radius 3 is 2.31 bits per heavy atom. The molecule has 0 bridgehead atoms. The van der Waals surface area contributed by atoms with E-state index in [0.29, 0.717) is 0 Å². The second kappa shape index (κ2) is 5.55. The largest absolute Gasteiger partial charge is 0.394 e. The molecule has 7 nitrogen and oxygen atoms in total. The van der Waals surface area contributed by atoms with Crippen LogP contribution in [0.15, 0.2) is 0 Å². The fourth-order valence-electron chi connectivity index (χ4n) is 1.61. The van der Waals surface area contributed by atoms with Gasteiger partial charge < -0.3 is 29.5 Å². The van der Waals surface area contributed by atoms with E-state index in [1.54, 1.807) is 6.92 Å². The Balaban J connectivity index is 2.59. The number of aliphatic hydroxyl groups excluding tert-OH is 3. The Kier molecular flexibility index (Phi) is 4.88. The quantitative estimate of drug-likeness (QED) is 0.451. The SMILES string of the molecule is CCOP(=O)(O)C[C@@H]1O[C@H](CO)[C@@H](O)[C@@H]1O. The predicted molar refractivity (Wildman–Crippen MR) is 54.1 cm³/mol. The predicted octanol–water partition coefficient (Wildman–Crippen LogP) is -1.31. The van der Waals surface area contributed by atoms with Gasteiger partial charge in [-0.25, -0.2) is 0 Å². The Morgan fingerprint density at radius 2 is 1.88 bits per heavy atom. The van der Waals surface area contributed by atoms with Crippen LogP contribution in [0, 0.1) is 0 Å². The molecule has 0 aliphatic carbocycles. The van der Waals surface area contributed by atoms with E-state index in [1.807, 2.05) is 0 Å². The first-order chi connectivity index (χ1) is 7.41. The van der Waals surface area contributed by atoms with Crippen LogP contribution < -0.4 is 0 Å². The maximum atomic E-state index is 11.4. The third kappa shape index (κ3) is 3.24. The molecule has 0 aromatic carbocycles. The van der Waals surface area contributed by atoms with E-state index in [0.717, 1.165) is 0 Å². The van der Waals surface area contributed by atoms with Crippen LogP contribution in [0.25, 0.3) is 0 Å². The zero-order valence-corrected chi connectivity index (χ0v) is 9.79. The average Bonchev–Trinajstić information content (AvgIpc) is 2.45. The molecule has 1 rings (SSSR count). The van der Waals surface area contributed by atoms with Gasteiger partial charge in [0.05, 0.1) is 25.5 Å². The molecule has 5 atom stereocenters. The number of aliphatic hydroxyl groups is 3. The van der Waals surface area contributed by atoms with E-state index in [2.05, 4.69) is 4.52 Å². The molecule has 1 saturated heterocycles. The first-order valence-corrected chi connectivity index (χ1v) is 6.76. The summed E-state index contributed by atoms with van der Waals surface area (Å²) in [6.45, 7) is 1.18. The molecule has 0 spiro atoms. The van der Waals surface area contributed by atoms with Gasteiger partial charge in [-0.1, -0.05) is 0 Å². The molecule has 16 heavy (non-hydrogen) atoms. The van der Waals surface area contributed by atoms with Gasteiger partial charge in [0.25, 0.3) is 0 Å². The summed E-state index contributed by atoms with van der Waals surface area (Å²) in [5.41, 5.74) is 0. The second-order valence-electron chi connectivity index (χ2n) is 3.61. The fraction of sp³-hybridized carbons (Fsp3) is 1.00. The molecular formula is C8H17O7P. The van der Waals surface area contributed by atoms with Crippen LogP contribution in [0.2, 0.25) is 0 Å². The first-order valence-electron chi connectivity index (χ1n) is 5.00. The molecule has 0 aromatic heterocycles. The molecule has 1 unspecified atom stereocenters. The van der Waals surface area contributed by atoms with Crippen molar-refractivity contribution < 1.29 is 34.0 Å². The summed E-state index contributed by atoms with van der Waals surface area (Å²) in [6.07, 6.45) is -4.89. The van der Waals surface area contributed by atoms with E-state index >= 15 is 0 Å². The Labute approximate surface area is 93.2 Å². The first kappa shape index (κ1) is 14.1. The lowest BCUT2D eigenvalue weighted by Crippen LogP contribution is -2.34. The summed E-state index contributed by atoms with van der Waals surface area (Å²) in [5.74, 6) is 0. The number of rotatable bonds is 5. The zero-order valence-electron chi connectivity index (χ0n) is 8.89. The van der Waals surface area contributed by atoms with Crippen LogP contribution in [-0.4, -0.2) is 64.0 Å². The van der Waals surface area contributed by atoms with E-state index in [-0.39, 0.29) is 6.61 Å². The van der Waals surface area contributed by atoms with Crippen molar-refractivity contribution in [3.63, 3.8) is 0 Å². The van der Waals surface area contributed by atoms with Crippen molar-refractivity contribution in [1.82, 2.24) is 0 Å². The van der Waals surface area contributed by atoms with E-state index in [1.165, 1.54) is 0 Å². The van der Waals surface area contributed by atoms with Gasteiger partial charge in [0.1, 0.15) is 18.3 Å². The van der Waals surface area contributed by atoms with Gasteiger partial charge in [0.2, 0.25) is 0 Å². The molecule has 96 valence electrons. The van der Waals surface area contributed by atoms with Crippen molar-refractivity contribution >= 4 is 7.60 Å². The molecule has 4 N–H and O–H groups in total. The lowest BCUT2D eigenvalue weighted by Gasteiger charge is -2.17. The third-order valence-electron chi connectivity index (χ3n) is 2.38. The number of hydrogen-bond donors (Lipinski definition) is 4. The summed E-state index contributed by atoms with van der Waals surface area (Å²) >= 11 is 0. The number of ether oxygens (including phenoxy) is 1. The minimum absolute atomic E-state index is 0.0720. The summed E-state index contributed by atoms with van der Waals surface area (Å²) in [7, 11) is -3.82. The van der Waals surface area contributed by atoms with Crippen molar-refractivity contribution in [1.29, 1.82) is 0 Å². The molecule has 0 saturated carbocycles. The van der Waals surface area contributed by atoms with Crippen LogP contribution in [0.4, 0.5) is 0 Å². The molecule has 0 amide bonds. The fourth-order valence-corrected chi connectivity index (χ4v) is 2.87. The summed E-state index contributed by atoms with van der Waals surface area (Å²) in [6, 6.07) is 0. The standard InChI is InChI=1S/C8H17O7P/c1-2-14-16(12,13)4-6-8(11)7(10)5(3-9)15-6/h5-11H,2-4H2,1H3,(H,12,13)/t5-,6+,7-,8-/m1/s1. The van der Waals surface area contributed by atoms with Gasteiger partial charge in [-0.05, 0) is 6.92 Å². The van der Waals surface area contributed by atoms with Crippen molar-refractivity contribution in [3.05, 3.63) is 0 Å². The Morgan fingerprint density at radius 1 is 1.31 bits per heavy atom. The van der Waals surface area contributed by atoms with Gasteiger partial charge in [-0.2, -0.15) is 0 Å². The van der Waals surface area contributed by atoms with Crippen molar-refractivity contribution in [2.75, 3.05) is 19.4 Å². The monoisotopic (exact) mass is 256 g/mol. The molecular weight excluding hydrogens is 239 g/mol. The molecule has 0 aromatic rings. The van der Waals surface area contributed by atoms with Crippen molar-refractivity contribution in [2.24, 2.45) is 0 Å². The van der Waals surface area contributed by atoms with Crippen LogP contribution in [0.1, 0.15) is 6.92 Å². The van der Waals surface area contributed by atoms with Gasteiger partial charge in [-0.15, -0.1) is 0 Å². The third-order valence-corrected chi connectivity index (χ3v) is 3.87. The van der Waals surface area contributed by atoms with E-state index in [4.69, 9.17) is 9.84 Å². The molecule has 1 fully saturated rings. The lowest BCUT2D eigenvalue weighted by molar-refractivity contribution is -0.0174. The minimum atomic E-state index is -3.82. The van der Waals surface area contributed by atoms with Gasteiger partial charge in [0.15, 0.2) is 0 Å². The van der Waals surface area contributed by atoms with Crippen LogP contribution in [0.3, 0.4) is 0 Å². The van der Waals surface area contributed by atoms with Gasteiger partial charge >= 0.3 is 7.60 Å². The summed E-state index contributed by atoms with van der Waals surface area (Å²) < 4.78 is 21.1. The van der Waals surface area contributed by atoms with E-state index in [9.17, 15) is 19.7 Å². The molecule has 1 aliphatic rings. The maximum absolute atomic E-state index is 11.4. The minimum Gasteiger partial charge on any atom is -0.394 e. The molecule has 1 aliphatic heterocycles. The zero-order chi connectivity index (χ0) is 12.3. The van der Waals surface area contributed by atoms with Crippen LogP contribution >= 0.6 is 7.60 Å². The van der Waals surface area contributed by atoms with Crippen LogP contribution in [-0.2, 0) is 13.8 Å². The Bertz CT molecular complexity index is 271. The van der Waals surface area contributed by atoms with Crippen molar-refractivity contribution in [3.8, 4) is 0 Å². The molecule has 8 heteroatoms. The Hall–Kier alpha value is -0.0100. The topological polar surface area (TPSA) is 116 Å². The molecule has 1 heterocycles. The van der Waals surface area contributed by atoms with Crippen LogP contribution in [0.5, 0.6) is 0 Å². The van der Waals surface area contributed by atoms with Gasteiger partial charge in [0, 0.05) is 0 Å². The normalized spacial score (nSPS) is 38.6. The highest BCUT2D eigenvalue weighted by Crippen LogP contribution is 2.44. The summed E-state index contributed by atoms with van der Waals surface area (Å²) in [4.78, 5) is 9.34. The van der Waals surface area contributed by atoms with Gasteiger partial charge in [-0.3, -0.25) is 4.57 Å². The lowest BCUT2D eigenvalue weighted by atomic mass is 10.1. The van der Waals surface area contributed by atoms with E-state index < -0.39 is 44.8 Å². The number of hydrogen-bond acceptors (Lipinski definition) is 6. The smallest absolute Gasteiger partial charge is 0.330 e. The maximum Gasteiger partial charge on any atom is 0.330 e. The highest BCUT2D eigenvalue weighted by molar-refractivity contribution is 7.52. The van der Waals surface area contributed by atoms with Crippen molar-refractivity contribution in [2.45, 2.75) is 31.3 Å². The summed E-state index contributed by atoms with van der Waals surface area (Å²) in [5, 5.41) is 27.7. The second-order valence-corrected chi connectivity index (χ2v) is 5.51. The average molecular weight is 256 g/mol. The molecule has 0 radical (unpaired) electrons.